The molecule has 2 aliphatic rings. The van der Waals surface area contributed by atoms with Gasteiger partial charge in [0.2, 0.25) is 5.91 Å². The lowest BCUT2D eigenvalue weighted by Crippen LogP contribution is -2.74. The number of carboxylic acid groups (broad SMARTS) is 1. The molecule has 2 saturated heterocycles. The molecule has 0 aromatic carbocycles. The number of carboxylic acids is 1. The number of nitrogens with two attached hydrogens (primary N) is 1. The van der Waals surface area contributed by atoms with Crippen molar-refractivity contribution in [1.29, 1.82) is 0 Å². The molecule has 6 N–H and O–H groups in total. The predicted molar refractivity (Wildman–Crippen MR) is 155 cm³/mol. The lowest BCUT2D eigenvalue weighted by Gasteiger charge is -2.53. The number of amides is 2. The number of β-lactam (4-membered cyclic amide) rings is 1. The van der Waals surface area contributed by atoms with Gasteiger partial charge in [-0.1, -0.05) is 35.0 Å². The number of carbonyl (C=O) groups excluding carboxylic acids is 2. The minimum Gasteiger partial charge on any atom is -0.480 e. The molecule has 4 atom stereocenters. The second kappa shape index (κ2) is 12.5. The van der Waals surface area contributed by atoms with Gasteiger partial charge in [0.15, 0.2) is 10.8 Å². The van der Waals surface area contributed by atoms with Crippen LogP contribution in [0.5, 0.6) is 0 Å². The number of nitrogens with zero attached hydrogens (tertiary/aromatic N) is 4. The lowest BCUT2D eigenvalue weighted by molar-refractivity contribution is -0.151. The van der Waals surface area contributed by atoms with E-state index in [4.69, 9.17) is 17.3 Å². The number of hydrogen-bond donors (Lipinski definition) is 5. The molecule has 2 amide bonds. The Morgan fingerprint density at radius 3 is 2.87 bits per heavy atom. The highest BCUT2D eigenvalue weighted by Gasteiger charge is 2.58. The molecule has 0 radical (unpaired) electrons. The molecule has 0 aliphatic carbocycles. The Labute approximate surface area is 245 Å². The fraction of sp³-hybridized carbons (Fsp3) is 0.455. The molecular weight excluding hydrogens is 606 g/mol. The summed E-state index contributed by atoms with van der Waals surface area (Å²) >= 11 is 11.1. The van der Waals surface area contributed by atoms with E-state index in [1.54, 1.807) is 30.2 Å². The third-order valence-electron chi connectivity index (χ3n) is 6.02. The third kappa shape index (κ3) is 6.25. The van der Waals surface area contributed by atoms with Crippen molar-refractivity contribution >= 4 is 86.9 Å². The van der Waals surface area contributed by atoms with E-state index in [0.717, 1.165) is 28.3 Å². The highest BCUT2D eigenvalue weighted by Crippen LogP contribution is 2.47. The van der Waals surface area contributed by atoms with Gasteiger partial charge >= 0.3 is 5.97 Å². The summed E-state index contributed by atoms with van der Waals surface area (Å²) in [5.41, 5.74) is 5.97. The summed E-state index contributed by atoms with van der Waals surface area (Å²) in [5.74, 6) is -1.46. The summed E-state index contributed by atoms with van der Waals surface area (Å²) in [4.78, 5) is 48.8. The average Bonchev–Trinajstić information content (AvgIpc) is 3.24. The maximum Gasteiger partial charge on any atom is 0.322 e. The van der Waals surface area contributed by atoms with Gasteiger partial charge in [-0.05, 0) is 25.1 Å². The largest absolute Gasteiger partial charge is 0.480 e. The number of rotatable bonds is 11. The molecule has 2 aliphatic heterocycles. The molecule has 12 nitrogen and oxygen atoms in total. The second-order valence-electron chi connectivity index (χ2n) is 8.64. The number of aliphatic carboxylic acids is 1. The number of pyridine rings is 1. The predicted octanol–water partition coefficient (Wildman–Crippen LogP) is 2.16. The van der Waals surface area contributed by atoms with Gasteiger partial charge in [0, 0.05) is 35.3 Å². The van der Waals surface area contributed by atoms with Crippen molar-refractivity contribution in [2.45, 2.75) is 46.0 Å². The maximum atomic E-state index is 13.0. The van der Waals surface area contributed by atoms with Gasteiger partial charge in [0.25, 0.3) is 5.91 Å². The Morgan fingerprint density at radius 1 is 1.46 bits per heavy atom. The van der Waals surface area contributed by atoms with Crippen LogP contribution in [0.2, 0.25) is 4.34 Å². The number of halogens is 1. The van der Waals surface area contributed by atoms with E-state index in [1.807, 2.05) is 6.92 Å². The molecule has 39 heavy (non-hydrogen) atoms. The summed E-state index contributed by atoms with van der Waals surface area (Å²) in [5, 5.41) is 28.4. The van der Waals surface area contributed by atoms with Gasteiger partial charge in [0.1, 0.15) is 26.2 Å². The number of fused-ring (bicyclic) bond motifs is 1. The van der Waals surface area contributed by atoms with Crippen LogP contribution in [0, 0.1) is 0 Å². The lowest BCUT2D eigenvalue weighted by atomic mass is 10.0. The highest BCUT2D eigenvalue weighted by atomic mass is 35.5. The van der Waals surface area contributed by atoms with Gasteiger partial charge in [-0.3, -0.25) is 19.4 Å². The van der Waals surface area contributed by atoms with E-state index in [-0.39, 0.29) is 32.8 Å². The van der Waals surface area contributed by atoms with Crippen LogP contribution in [0.4, 0.5) is 5.13 Å². The van der Waals surface area contributed by atoms with E-state index < -0.39 is 39.7 Å². The van der Waals surface area contributed by atoms with Crippen molar-refractivity contribution in [3.8, 4) is 0 Å². The van der Waals surface area contributed by atoms with E-state index in [0.29, 0.717) is 5.75 Å². The van der Waals surface area contributed by atoms with Crippen molar-refractivity contribution < 1.29 is 24.7 Å². The van der Waals surface area contributed by atoms with Crippen LogP contribution in [-0.2, 0) is 20.1 Å². The number of thiazole rings is 1. The number of oxime groups is 1. The zero-order valence-corrected chi connectivity index (χ0v) is 24.8. The van der Waals surface area contributed by atoms with Crippen LogP contribution >= 0.6 is 58.2 Å². The molecule has 210 valence electrons. The highest BCUT2D eigenvalue weighted by molar-refractivity contribution is 8.05. The van der Waals surface area contributed by atoms with Crippen LogP contribution in [0.3, 0.4) is 0 Å². The van der Waals surface area contributed by atoms with Crippen molar-refractivity contribution in [3.63, 3.8) is 0 Å². The molecule has 0 saturated carbocycles. The first kappa shape index (κ1) is 29.7. The van der Waals surface area contributed by atoms with Crippen LogP contribution < -0.4 is 16.4 Å². The fourth-order valence-electron chi connectivity index (χ4n) is 4.05. The van der Waals surface area contributed by atoms with Gasteiger partial charge in [-0.15, -0.1) is 35.3 Å². The second-order valence-corrected chi connectivity index (χ2v) is 14.1. The first-order valence-electron chi connectivity index (χ1n) is 11.7. The normalized spacial score (nSPS) is 23.6. The fourth-order valence-corrected chi connectivity index (χ4v) is 8.94. The van der Waals surface area contributed by atoms with Crippen molar-refractivity contribution in [2.75, 3.05) is 24.6 Å². The summed E-state index contributed by atoms with van der Waals surface area (Å²) in [6.45, 7) is 4.91. The topological polar surface area (TPSA) is 183 Å². The van der Waals surface area contributed by atoms with Crippen molar-refractivity contribution in [3.05, 3.63) is 34.1 Å². The first-order valence-corrected chi connectivity index (χ1v) is 15.8. The minimum absolute atomic E-state index is 0.0338. The maximum absolute atomic E-state index is 13.0. The summed E-state index contributed by atoms with van der Waals surface area (Å²) < 4.78 is -1.22. The monoisotopic (exact) mass is 631 g/mol. The van der Waals surface area contributed by atoms with Crippen LogP contribution in [0.15, 0.2) is 28.5 Å². The van der Waals surface area contributed by atoms with Gasteiger partial charge < -0.3 is 31.6 Å². The Kier molecular flexibility index (Phi) is 9.54. The molecule has 2 aromatic rings. The molecule has 4 heterocycles. The van der Waals surface area contributed by atoms with Crippen LogP contribution in [-0.4, -0.2) is 89.1 Å². The number of hydrogen-bond acceptors (Lipinski definition) is 13. The smallest absolute Gasteiger partial charge is 0.322 e. The van der Waals surface area contributed by atoms with Crippen molar-refractivity contribution in [1.82, 2.24) is 25.5 Å². The number of nitrogens with one attached hydrogen (secondary N) is 2. The first-order chi connectivity index (χ1) is 18.6. The zero-order chi connectivity index (χ0) is 28.3. The summed E-state index contributed by atoms with van der Waals surface area (Å²) in [7, 11) is 0. The Balaban J connectivity index is 1.45. The summed E-state index contributed by atoms with van der Waals surface area (Å²) in [6.07, 6.45) is 3.37. The van der Waals surface area contributed by atoms with E-state index >= 15 is 0 Å². The molecule has 2 unspecified atom stereocenters. The molecule has 2 aromatic heterocycles. The number of nitrogen functional groups attached to an aromatic ring is 1. The quantitative estimate of drug-likeness (QED) is 0.0802. The Morgan fingerprint density at radius 2 is 2.23 bits per heavy atom. The third-order valence-corrected chi connectivity index (χ3v) is 11.4. The number of aromatic nitrogens is 2. The standard InChI is InChI=1S/C22H26ClN7O5S4/c1-3-26-10(2)36-7-11-6-25-5-4-12(11)39-22(20(33)34)8-30-18(32)15(19(30)37-9-22)27-17(31)14(29-35)13-16(23)38-21(24)28-13/h4-6,10,15,19,26,35H,3,7-9H2,1-2H3,(H2,24,28)(H,27,31)(H,33,34)/t10?,15-,19-,22?/m1/s1. The minimum atomic E-state index is -1.29. The zero-order valence-electron chi connectivity index (χ0n) is 20.8. The Hall–Kier alpha value is -2.24. The molecule has 0 bridgehead atoms. The van der Waals surface area contributed by atoms with E-state index in [2.05, 4.69) is 32.7 Å². The molecule has 2 fully saturated rings. The summed E-state index contributed by atoms with van der Waals surface area (Å²) in [6, 6.07) is 0.874. The SMILES string of the molecule is CCNC(C)SCc1cnccc1SC1(C(=O)O)CS[C@@H]2[C@H](NC(=O)C(=NO)c3nc(N)sc3Cl)C(=O)N2C1. The van der Waals surface area contributed by atoms with Crippen molar-refractivity contribution in [2.24, 2.45) is 5.16 Å². The van der Waals surface area contributed by atoms with Gasteiger partial charge in [-0.2, -0.15) is 0 Å². The van der Waals surface area contributed by atoms with Crippen LogP contribution in [0.25, 0.3) is 0 Å². The number of carbonyl (C=O) groups is 3. The molecule has 0 spiro atoms. The number of thioether (sulfide) groups is 3. The Bertz CT molecular complexity index is 1300. The molecule has 4 rings (SSSR count). The van der Waals surface area contributed by atoms with E-state index in [9.17, 15) is 24.7 Å². The number of anilines is 1. The average molecular weight is 632 g/mol. The molecular formula is C22H26ClN7O5S4. The molecule has 17 heteroatoms. The van der Waals surface area contributed by atoms with Crippen LogP contribution in [0.1, 0.15) is 25.1 Å². The van der Waals surface area contributed by atoms with Gasteiger partial charge in [-0.25, -0.2) is 4.98 Å². The van der Waals surface area contributed by atoms with Gasteiger partial charge in [0.05, 0.1) is 5.37 Å². The van der Waals surface area contributed by atoms with E-state index in [1.165, 1.54) is 28.4 Å².